The first-order valence-electron chi connectivity index (χ1n) is 6.17. The number of benzene rings is 2. The number of amides is 1. The van der Waals surface area contributed by atoms with Crippen LogP contribution in [0.3, 0.4) is 0 Å². The van der Waals surface area contributed by atoms with Crippen LogP contribution in [0.4, 0.5) is 5.69 Å². The zero-order valence-corrected chi connectivity index (χ0v) is 13.3. The van der Waals surface area contributed by atoms with E-state index >= 15 is 0 Å². The molecule has 2 aromatic rings. The number of hydrogen-bond acceptors (Lipinski definition) is 3. The van der Waals surface area contributed by atoms with E-state index in [0.717, 1.165) is 10.1 Å². The van der Waals surface area contributed by atoms with Crippen molar-refractivity contribution >= 4 is 40.1 Å². The maximum absolute atomic E-state index is 12.3. The molecular weight excluding hydrogens is 337 g/mol. The van der Waals surface area contributed by atoms with Gasteiger partial charge in [0.1, 0.15) is 0 Å². The topological polar surface area (TPSA) is 49.3 Å². The molecule has 0 unspecified atom stereocenters. The van der Waals surface area contributed by atoms with Crippen LogP contribution in [0.1, 0.15) is 10.4 Å². The van der Waals surface area contributed by atoms with Crippen molar-refractivity contribution < 1.29 is 9.90 Å². The Hall–Kier alpha value is -1.26. The van der Waals surface area contributed by atoms with E-state index in [2.05, 4.69) is 5.32 Å². The molecule has 0 aromatic heterocycles. The van der Waals surface area contributed by atoms with Gasteiger partial charge >= 0.3 is 128 Å². The molecule has 2 rings (SSSR count). The van der Waals surface area contributed by atoms with E-state index in [1.807, 2.05) is 54.6 Å². The summed E-state index contributed by atoms with van der Waals surface area (Å²) in [5.41, 5.74) is 1.50. The minimum absolute atomic E-state index is 0.0849. The van der Waals surface area contributed by atoms with Crippen molar-refractivity contribution in [3.05, 3.63) is 60.2 Å². The Balaban J connectivity index is 2.09. The van der Waals surface area contributed by atoms with E-state index in [1.165, 1.54) is 0 Å². The molecule has 0 aliphatic heterocycles. The van der Waals surface area contributed by atoms with Gasteiger partial charge < -0.3 is 0 Å². The summed E-state index contributed by atoms with van der Waals surface area (Å²) in [6, 6.07) is 17.1. The average Bonchev–Trinajstić information content (AvgIpc) is 2.49. The first-order chi connectivity index (χ1) is 9.81. The molecule has 104 valence electrons. The van der Waals surface area contributed by atoms with Crippen molar-refractivity contribution in [1.29, 1.82) is 0 Å². The van der Waals surface area contributed by atoms with Gasteiger partial charge in [-0.2, -0.15) is 0 Å². The van der Waals surface area contributed by atoms with Gasteiger partial charge in [0, 0.05) is 0 Å². The van der Waals surface area contributed by atoms with Crippen molar-refractivity contribution in [2.45, 2.75) is 0 Å². The average molecular weight is 352 g/mol. The van der Waals surface area contributed by atoms with Crippen molar-refractivity contribution in [2.24, 2.45) is 0 Å². The summed E-state index contributed by atoms with van der Waals surface area (Å²) in [5.74, 6) is 0.618. The van der Waals surface area contributed by atoms with Crippen molar-refractivity contribution in [1.82, 2.24) is 0 Å². The molecule has 2 N–H and O–H groups in total. The minimum atomic E-state index is -0.0849. The van der Waals surface area contributed by atoms with Gasteiger partial charge in [0.05, 0.1) is 0 Å². The van der Waals surface area contributed by atoms with Crippen LogP contribution in [0.25, 0.3) is 0 Å². The zero-order chi connectivity index (χ0) is 14.2. The predicted molar refractivity (Wildman–Crippen MR) is 85.8 cm³/mol. The van der Waals surface area contributed by atoms with Crippen molar-refractivity contribution in [3.63, 3.8) is 0 Å². The van der Waals surface area contributed by atoms with Gasteiger partial charge in [-0.25, -0.2) is 0 Å². The maximum atomic E-state index is 12.3. The van der Waals surface area contributed by atoms with Crippen LogP contribution in [-0.4, -0.2) is 37.2 Å². The van der Waals surface area contributed by atoms with Crippen LogP contribution in [0, 0.1) is 0 Å². The summed E-state index contributed by atoms with van der Waals surface area (Å²) in [5, 5.41) is 11.7. The summed E-state index contributed by atoms with van der Waals surface area (Å²) < 4.78 is 1.05. The molecule has 0 aliphatic rings. The fraction of sp³-hybridized carbons (Fsp3) is 0.133. The van der Waals surface area contributed by atoms with Gasteiger partial charge in [-0.1, -0.05) is 0 Å². The predicted octanol–water partition coefficient (Wildman–Crippen LogP) is 1.91. The Morgan fingerprint density at radius 1 is 1.10 bits per heavy atom. The number of anilines is 1. The molecule has 0 spiro atoms. The van der Waals surface area contributed by atoms with Gasteiger partial charge in [-0.15, -0.1) is 0 Å². The number of rotatable bonds is 6. The quantitative estimate of drug-likeness (QED) is 0.617. The van der Waals surface area contributed by atoms with E-state index < -0.39 is 0 Å². The SMILES string of the molecule is O=C(Nc1ccccc1)c1ccccc1[Se]SCCO. The third-order valence-corrected chi connectivity index (χ3v) is 6.80. The monoisotopic (exact) mass is 353 g/mol. The summed E-state index contributed by atoms with van der Waals surface area (Å²) in [6.45, 7) is 0.171. The number of aliphatic hydroxyl groups excluding tert-OH is 1. The van der Waals surface area contributed by atoms with Gasteiger partial charge in [-0.3, -0.25) is 0 Å². The Morgan fingerprint density at radius 3 is 2.55 bits per heavy atom. The van der Waals surface area contributed by atoms with Crippen LogP contribution in [0.2, 0.25) is 0 Å². The Kier molecular flexibility index (Phi) is 6.15. The molecule has 0 fully saturated rings. The molecule has 5 heteroatoms. The zero-order valence-electron chi connectivity index (χ0n) is 10.8. The second-order valence-electron chi connectivity index (χ2n) is 3.95. The second kappa shape index (κ2) is 8.12. The van der Waals surface area contributed by atoms with Crippen LogP contribution in [-0.2, 0) is 0 Å². The normalized spacial score (nSPS) is 10.2. The summed E-state index contributed by atoms with van der Waals surface area (Å²) in [7, 11) is 1.68. The van der Waals surface area contributed by atoms with Crippen molar-refractivity contribution in [2.75, 3.05) is 17.7 Å². The molecule has 20 heavy (non-hydrogen) atoms. The summed E-state index contributed by atoms with van der Waals surface area (Å²) in [4.78, 5) is 12.3. The van der Waals surface area contributed by atoms with E-state index in [0.29, 0.717) is 11.3 Å². The summed E-state index contributed by atoms with van der Waals surface area (Å²) >= 11 is 0.132. The molecule has 0 saturated carbocycles. The van der Waals surface area contributed by atoms with E-state index in [4.69, 9.17) is 5.11 Å². The molecule has 0 radical (unpaired) electrons. The van der Waals surface area contributed by atoms with Crippen LogP contribution < -0.4 is 9.78 Å². The second-order valence-corrected chi connectivity index (χ2v) is 8.21. The molecule has 0 saturated heterocycles. The number of hydrogen-bond donors (Lipinski definition) is 2. The van der Waals surface area contributed by atoms with Gasteiger partial charge in [0.15, 0.2) is 0 Å². The molecule has 1 amide bonds. The Bertz CT molecular complexity index is 563. The molecule has 0 bridgehead atoms. The van der Waals surface area contributed by atoms with E-state index in [-0.39, 0.29) is 26.4 Å². The fourth-order valence-electron chi connectivity index (χ4n) is 1.59. The number of para-hydroxylation sites is 1. The van der Waals surface area contributed by atoms with Crippen molar-refractivity contribution in [3.8, 4) is 0 Å². The Morgan fingerprint density at radius 2 is 1.80 bits per heavy atom. The first kappa shape index (κ1) is 15.1. The third kappa shape index (κ3) is 4.39. The standard InChI is InChI=1S/C15H15NO2SSe/c17-10-11-19-20-14-9-5-4-8-13(14)15(18)16-12-6-2-1-3-7-12/h1-9,17H,10-11H2,(H,16,18). The molecular formula is C15H15NO2SSe. The van der Waals surface area contributed by atoms with Crippen LogP contribution >= 0.6 is 10.2 Å². The Labute approximate surface area is 128 Å². The first-order valence-corrected chi connectivity index (χ1v) is 10.0. The van der Waals surface area contributed by atoms with Gasteiger partial charge in [-0.05, 0) is 0 Å². The van der Waals surface area contributed by atoms with Crippen LogP contribution in [0.15, 0.2) is 54.6 Å². The van der Waals surface area contributed by atoms with E-state index in [1.54, 1.807) is 10.2 Å². The fourth-order valence-corrected chi connectivity index (χ4v) is 5.23. The molecule has 2 aromatic carbocycles. The number of carbonyl (C=O) groups is 1. The number of carbonyl (C=O) groups excluding carboxylic acids is 1. The van der Waals surface area contributed by atoms with E-state index in [9.17, 15) is 4.79 Å². The molecule has 0 heterocycles. The molecule has 0 atom stereocenters. The molecule has 3 nitrogen and oxygen atoms in total. The van der Waals surface area contributed by atoms with Gasteiger partial charge in [0.25, 0.3) is 0 Å². The molecule has 0 aliphatic carbocycles. The summed E-state index contributed by atoms with van der Waals surface area (Å²) in [6.07, 6.45) is 0. The number of aliphatic hydroxyl groups is 1. The third-order valence-electron chi connectivity index (χ3n) is 2.49. The van der Waals surface area contributed by atoms with Crippen LogP contribution in [0.5, 0.6) is 0 Å². The number of nitrogens with one attached hydrogen (secondary N) is 1. The van der Waals surface area contributed by atoms with Gasteiger partial charge in [0.2, 0.25) is 0 Å².